The Balaban J connectivity index is 4.15. The lowest BCUT2D eigenvalue weighted by atomic mass is 10.2. The van der Waals surface area contributed by atoms with Crippen molar-refractivity contribution >= 4 is 36.1 Å². The van der Waals surface area contributed by atoms with Gasteiger partial charge in [0.15, 0.2) is 0 Å². The third-order valence-corrected chi connectivity index (χ3v) is 7.45. The average Bonchev–Trinajstić information content (AvgIpc) is 2.07. The van der Waals surface area contributed by atoms with Gasteiger partial charge in [-0.2, -0.15) is 11.1 Å². The lowest BCUT2D eigenvalue weighted by molar-refractivity contribution is 0.949. The average molecular weight is 293 g/mol. The zero-order valence-corrected chi connectivity index (χ0v) is 16.2. The van der Waals surface area contributed by atoms with Crippen LogP contribution in [0.1, 0.15) is 12.8 Å². The van der Waals surface area contributed by atoms with E-state index in [0.29, 0.717) is 0 Å². The molecular formula is C12H29ClSi3. The van der Waals surface area contributed by atoms with Gasteiger partial charge in [-0.3, -0.25) is 0 Å². The highest BCUT2D eigenvalue weighted by atomic mass is 35.6. The van der Waals surface area contributed by atoms with E-state index in [4.69, 9.17) is 11.1 Å². The van der Waals surface area contributed by atoms with Crippen molar-refractivity contribution < 1.29 is 0 Å². The Bertz CT molecular complexity index is 203. The molecule has 0 aromatic carbocycles. The Morgan fingerprint density at radius 3 is 1.56 bits per heavy atom. The topological polar surface area (TPSA) is 0 Å². The van der Waals surface area contributed by atoms with Gasteiger partial charge in [0.1, 0.15) is 8.83 Å². The van der Waals surface area contributed by atoms with Gasteiger partial charge in [-0.25, -0.2) is 0 Å². The molecule has 0 heterocycles. The van der Waals surface area contributed by atoms with Crippen LogP contribution in [0.25, 0.3) is 0 Å². The van der Waals surface area contributed by atoms with E-state index in [-0.39, 0.29) is 0 Å². The van der Waals surface area contributed by atoms with Gasteiger partial charge in [0.2, 0.25) is 0 Å². The van der Waals surface area contributed by atoms with Crippen LogP contribution in [0.3, 0.4) is 0 Å². The molecule has 0 rings (SSSR count). The molecule has 16 heavy (non-hydrogen) atoms. The molecule has 0 saturated heterocycles. The second-order valence-corrected chi connectivity index (χ2v) is 20.0. The Labute approximate surface area is 111 Å². The molecule has 4 heteroatoms. The summed E-state index contributed by atoms with van der Waals surface area (Å²) in [4.78, 5) is 0. The Morgan fingerprint density at radius 1 is 0.938 bits per heavy atom. The molecule has 96 valence electrons. The van der Waals surface area contributed by atoms with E-state index in [1.807, 2.05) is 0 Å². The van der Waals surface area contributed by atoms with Gasteiger partial charge in [0.25, 0.3) is 0 Å². The first kappa shape index (κ1) is 16.7. The van der Waals surface area contributed by atoms with Gasteiger partial charge >= 0.3 is 0 Å². The summed E-state index contributed by atoms with van der Waals surface area (Å²) in [7, 11) is -2.18. The lowest BCUT2D eigenvalue weighted by Gasteiger charge is -2.20. The van der Waals surface area contributed by atoms with E-state index >= 15 is 0 Å². The fourth-order valence-electron chi connectivity index (χ4n) is 1.51. The zero-order chi connectivity index (χ0) is 12.8. The molecule has 0 aromatic rings. The smallest absolute Gasteiger partial charge is 0.148 e. The molecular weight excluding hydrogens is 264 g/mol. The Morgan fingerprint density at radius 2 is 1.31 bits per heavy atom. The van der Waals surface area contributed by atoms with E-state index in [0.717, 1.165) is 0 Å². The first-order chi connectivity index (χ1) is 7.14. The van der Waals surface area contributed by atoms with Gasteiger partial charge in [-0.1, -0.05) is 62.6 Å². The monoisotopic (exact) mass is 292 g/mol. The predicted octanol–water partition coefficient (Wildman–Crippen LogP) is 4.65. The highest BCUT2D eigenvalue weighted by Crippen LogP contribution is 2.23. The fourth-order valence-corrected chi connectivity index (χ4v) is 4.93. The molecule has 0 radical (unpaired) electrons. The van der Waals surface area contributed by atoms with Gasteiger partial charge in [-0.15, -0.1) is 0 Å². The first-order valence-electron chi connectivity index (χ1n) is 6.38. The maximum absolute atomic E-state index is 5.98. The van der Waals surface area contributed by atoms with Crippen molar-refractivity contribution in [2.24, 2.45) is 0 Å². The molecule has 0 atom stereocenters. The number of halogens is 1. The van der Waals surface area contributed by atoms with E-state index < -0.39 is 25.0 Å². The zero-order valence-electron chi connectivity index (χ0n) is 12.0. The van der Waals surface area contributed by atoms with E-state index in [9.17, 15) is 0 Å². The molecule has 0 amide bonds. The summed E-state index contributed by atoms with van der Waals surface area (Å²) >= 11 is 5.98. The number of hydrogen-bond donors (Lipinski definition) is 0. The van der Waals surface area contributed by atoms with Crippen LogP contribution in [0.2, 0.25) is 51.4 Å². The molecule has 0 N–H and O–H groups in total. The summed E-state index contributed by atoms with van der Waals surface area (Å²) in [6.45, 7) is 14.8. The molecule has 0 bridgehead atoms. The molecule has 0 spiro atoms. The van der Waals surface area contributed by atoms with Crippen molar-refractivity contribution in [3.63, 3.8) is 0 Å². The van der Waals surface area contributed by atoms with Crippen LogP contribution < -0.4 is 0 Å². The van der Waals surface area contributed by atoms with E-state index in [1.54, 1.807) is 5.57 Å². The van der Waals surface area contributed by atoms with Crippen LogP contribution in [-0.4, -0.2) is 25.0 Å². The molecule has 0 aromatic heterocycles. The quantitative estimate of drug-likeness (QED) is 0.473. The summed E-state index contributed by atoms with van der Waals surface area (Å²) in [5.41, 5.74) is 4.06. The third-order valence-electron chi connectivity index (χ3n) is 2.76. The highest BCUT2D eigenvalue weighted by molar-refractivity contribution is 6.96. The van der Waals surface area contributed by atoms with Crippen molar-refractivity contribution in [2.75, 3.05) is 0 Å². The highest BCUT2D eigenvalue weighted by Gasteiger charge is 2.16. The third kappa shape index (κ3) is 11.2. The maximum atomic E-state index is 5.98. The van der Waals surface area contributed by atoms with Crippen molar-refractivity contribution in [3.05, 3.63) is 11.3 Å². The number of hydrogen-bond acceptors (Lipinski definition) is 0. The molecule has 0 aliphatic heterocycles. The SMILES string of the molecule is C[Si](C)(C)CCC(=C[SiH2]Cl)CC[Si](C)(C)C. The van der Waals surface area contributed by atoms with Gasteiger partial charge in [0.05, 0.1) is 0 Å². The van der Waals surface area contributed by atoms with Crippen molar-refractivity contribution in [3.8, 4) is 0 Å². The fraction of sp³-hybridized carbons (Fsp3) is 0.833. The van der Waals surface area contributed by atoms with Crippen molar-refractivity contribution in [1.82, 2.24) is 0 Å². The lowest BCUT2D eigenvalue weighted by Crippen LogP contribution is -2.21. The van der Waals surface area contributed by atoms with Crippen LogP contribution in [0, 0.1) is 0 Å². The van der Waals surface area contributed by atoms with Crippen molar-refractivity contribution in [1.29, 1.82) is 0 Å². The molecule has 0 fully saturated rings. The van der Waals surface area contributed by atoms with Crippen LogP contribution in [0.5, 0.6) is 0 Å². The largest absolute Gasteiger partial charge is 0.171 e. The van der Waals surface area contributed by atoms with Crippen molar-refractivity contribution in [2.45, 2.75) is 64.2 Å². The summed E-state index contributed by atoms with van der Waals surface area (Å²) in [5.74, 6) is 0. The normalized spacial score (nSPS) is 13.4. The van der Waals surface area contributed by atoms with E-state index in [1.165, 1.54) is 24.9 Å². The molecule has 0 aliphatic rings. The van der Waals surface area contributed by atoms with E-state index in [2.05, 4.69) is 45.0 Å². The Kier molecular flexibility index (Phi) is 7.50. The second kappa shape index (κ2) is 7.19. The van der Waals surface area contributed by atoms with Crippen LogP contribution in [0.15, 0.2) is 11.3 Å². The van der Waals surface area contributed by atoms with Gasteiger partial charge < -0.3 is 0 Å². The molecule has 0 nitrogen and oxygen atoms in total. The van der Waals surface area contributed by atoms with Gasteiger partial charge in [0, 0.05) is 16.1 Å². The van der Waals surface area contributed by atoms with Gasteiger partial charge in [-0.05, 0) is 12.8 Å². The standard InChI is InChI=1S/C12H29ClSi3/c1-15(2,3)9-7-12(11-14-13)8-10-16(4,5)6/h11H,7-10,14H2,1-6H3. The summed E-state index contributed by atoms with van der Waals surface area (Å²) in [5, 5.41) is 0. The minimum absolute atomic E-state index is 0.421. The maximum Gasteiger partial charge on any atom is 0.148 e. The number of allylic oxidation sites excluding steroid dienone is 1. The van der Waals surface area contributed by atoms with Crippen LogP contribution in [0.4, 0.5) is 0 Å². The first-order valence-corrected chi connectivity index (χ1v) is 16.7. The summed E-state index contributed by atoms with van der Waals surface area (Å²) < 4.78 is 0. The van der Waals surface area contributed by atoms with Crippen LogP contribution in [-0.2, 0) is 0 Å². The molecule has 0 saturated carbocycles. The second-order valence-electron chi connectivity index (χ2n) is 7.14. The molecule has 0 unspecified atom stereocenters. The molecule has 0 aliphatic carbocycles. The minimum Gasteiger partial charge on any atom is -0.171 e. The number of rotatable bonds is 7. The minimum atomic E-state index is -0.881. The van der Waals surface area contributed by atoms with Crippen LogP contribution >= 0.6 is 11.1 Å². The predicted molar refractivity (Wildman–Crippen MR) is 88.0 cm³/mol. The Hall–Kier alpha value is 0.681. The summed E-state index contributed by atoms with van der Waals surface area (Å²) in [6.07, 6.45) is 2.64. The summed E-state index contributed by atoms with van der Waals surface area (Å²) in [6, 6.07) is 2.85.